The highest BCUT2D eigenvalue weighted by molar-refractivity contribution is 5.89. The number of benzene rings is 1. The average Bonchev–Trinajstić information content (AvgIpc) is 2.69. The van der Waals surface area contributed by atoms with Crippen LogP contribution in [0.25, 0.3) is 0 Å². The minimum absolute atomic E-state index is 0.111. The number of amides is 2. The van der Waals surface area contributed by atoms with Gasteiger partial charge in [-0.3, -0.25) is 4.79 Å². The SMILES string of the molecule is CCC(C)C(NC(=O)OCc1ccccc1)C(=O)NC(CC(C)C)C(=O)OC. The van der Waals surface area contributed by atoms with Gasteiger partial charge in [0.25, 0.3) is 0 Å². The smallest absolute Gasteiger partial charge is 0.408 e. The zero-order chi connectivity index (χ0) is 21.1. The zero-order valence-corrected chi connectivity index (χ0v) is 17.4. The maximum Gasteiger partial charge on any atom is 0.408 e. The van der Waals surface area contributed by atoms with Gasteiger partial charge in [-0.2, -0.15) is 0 Å². The van der Waals surface area contributed by atoms with E-state index < -0.39 is 30.1 Å². The third-order valence-corrected chi connectivity index (χ3v) is 4.49. The van der Waals surface area contributed by atoms with Crippen LogP contribution in [0, 0.1) is 11.8 Å². The van der Waals surface area contributed by atoms with E-state index in [1.54, 1.807) is 0 Å². The number of alkyl carbamates (subject to hydrolysis) is 1. The van der Waals surface area contributed by atoms with Gasteiger partial charge in [-0.25, -0.2) is 9.59 Å². The van der Waals surface area contributed by atoms with Crippen molar-refractivity contribution in [1.82, 2.24) is 10.6 Å². The van der Waals surface area contributed by atoms with Crippen LogP contribution >= 0.6 is 0 Å². The molecule has 0 heterocycles. The molecule has 3 atom stereocenters. The van der Waals surface area contributed by atoms with Gasteiger partial charge in [0.1, 0.15) is 18.7 Å². The molecule has 7 nitrogen and oxygen atoms in total. The van der Waals surface area contributed by atoms with E-state index in [1.807, 2.05) is 58.0 Å². The van der Waals surface area contributed by atoms with E-state index in [1.165, 1.54) is 7.11 Å². The van der Waals surface area contributed by atoms with E-state index in [4.69, 9.17) is 9.47 Å². The van der Waals surface area contributed by atoms with Crippen LogP contribution in [0.3, 0.4) is 0 Å². The fraction of sp³-hybridized carbons (Fsp3) is 0.571. The van der Waals surface area contributed by atoms with E-state index in [2.05, 4.69) is 10.6 Å². The highest BCUT2D eigenvalue weighted by Crippen LogP contribution is 2.12. The Morgan fingerprint density at radius 1 is 1.04 bits per heavy atom. The van der Waals surface area contributed by atoms with Gasteiger partial charge in [0.2, 0.25) is 5.91 Å². The molecule has 0 saturated heterocycles. The first-order valence-electron chi connectivity index (χ1n) is 9.63. The van der Waals surface area contributed by atoms with E-state index in [0.717, 1.165) is 5.56 Å². The molecule has 1 aromatic rings. The van der Waals surface area contributed by atoms with Crippen LogP contribution < -0.4 is 10.6 Å². The number of esters is 1. The van der Waals surface area contributed by atoms with Crippen molar-refractivity contribution in [1.29, 1.82) is 0 Å². The second kappa shape index (κ2) is 12.0. The first-order valence-corrected chi connectivity index (χ1v) is 9.63. The number of ether oxygens (including phenoxy) is 2. The summed E-state index contributed by atoms with van der Waals surface area (Å²) in [7, 11) is 1.28. The van der Waals surface area contributed by atoms with E-state index >= 15 is 0 Å². The Morgan fingerprint density at radius 2 is 1.68 bits per heavy atom. The van der Waals surface area contributed by atoms with Crippen LogP contribution in [0.1, 0.15) is 46.1 Å². The van der Waals surface area contributed by atoms with Crippen LogP contribution in [0.15, 0.2) is 30.3 Å². The van der Waals surface area contributed by atoms with E-state index in [0.29, 0.717) is 12.8 Å². The Balaban J connectivity index is 2.75. The zero-order valence-electron chi connectivity index (χ0n) is 17.4. The third-order valence-electron chi connectivity index (χ3n) is 4.49. The molecular weight excluding hydrogens is 360 g/mol. The van der Waals surface area contributed by atoms with Crippen molar-refractivity contribution in [3.8, 4) is 0 Å². The second-order valence-corrected chi connectivity index (χ2v) is 7.28. The molecule has 3 unspecified atom stereocenters. The molecule has 0 aliphatic rings. The first-order chi connectivity index (χ1) is 13.3. The topological polar surface area (TPSA) is 93.7 Å². The number of rotatable bonds is 10. The lowest BCUT2D eigenvalue weighted by Gasteiger charge is -2.26. The number of carbonyl (C=O) groups is 3. The molecule has 0 aliphatic heterocycles. The van der Waals surface area contributed by atoms with Gasteiger partial charge in [-0.05, 0) is 23.8 Å². The van der Waals surface area contributed by atoms with Crippen LogP contribution in [-0.2, 0) is 25.7 Å². The molecule has 0 aromatic heterocycles. The van der Waals surface area contributed by atoms with Crippen molar-refractivity contribution in [2.45, 2.75) is 59.2 Å². The minimum Gasteiger partial charge on any atom is -0.467 e. The summed E-state index contributed by atoms with van der Waals surface area (Å²) >= 11 is 0. The summed E-state index contributed by atoms with van der Waals surface area (Å²) in [4.78, 5) is 37.0. The maximum absolute atomic E-state index is 12.8. The Bertz CT molecular complexity index is 633. The molecule has 0 radical (unpaired) electrons. The third kappa shape index (κ3) is 7.98. The number of hydrogen-bond acceptors (Lipinski definition) is 5. The van der Waals surface area contributed by atoms with Crippen LogP contribution in [0.2, 0.25) is 0 Å². The van der Waals surface area contributed by atoms with Gasteiger partial charge in [0.05, 0.1) is 7.11 Å². The van der Waals surface area contributed by atoms with Crippen molar-refractivity contribution >= 4 is 18.0 Å². The molecule has 2 N–H and O–H groups in total. The maximum atomic E-state index is 12.8. The first kappa shape index (κ1) is 23.5. The summed E-state index contributed by atoms with van der Waals surface area (Å²) in [6.07, 6.45) is 0.441. The molecule has 7 heteroatoms. The quantitative estimate of drug-likeness (QED) is 0.597. The molecule has 156 valence electrons. The van der Waals surface area contributed by atoms with E-state index in [9.17, 15) is 14.4 Å². The molecule has 0 spiro atoms. The monoisotopic (exact) mass is 392 g/mol. The Labute approximate surface area is 167 Å². The summed E-state index contributed by atoms with van der Waals surface area (Å²) in [5.41, 5.74) is 0.852. The molecule has 2 amide bonds. The van der Waals surface area contributed by atoms with Gasteiger partial charge < -0.3 is 20.1 Å². The molecule has 1 aromatic carbocycles. The van der Waals surface area contributed by atoms with Gasteiger partial charge >= 0.3 is 12.1 Å². The molecule has 28 heavy (non-hydrogen) atoms. The van der Waals surface area contributed by atoms with Crippen molar-refractivity contribution in [3.63, 3.8) is 0 Å². The Morgan fingerprint density at radius 3 is 2.21 bits per heavy atom. The van der Waals surface area contributed by atoms with Crippen molar-refractivity contribution in [2.24, 2.45) is 11.8 Å². The fourth-order valence-corrected chi connectivity index (χ4v) is 2.68. The van der Waals surface area contributed by atoms with Crippen molar-refractivity contribution in [3.05, 3.63) is 35.9 Å². The summed E-state index contributed by atoms with van der Waals surface area (Å²) in [6, 6.07) is 7.71. The predicted molar refractivity (Wildman–Crippen MR) is 106 cm³/mol. The van der Waals surface area contributed by atoms with Gasteiger partial charge in [-0.15, -0.1) is 0 Å². The highest BCUT2D eigenvalue weighted by Gasteiger charge is 2.31. The number of carbonyl (C=O) groups excluding carboxylic acids is 3. The normalized spacial score (nSPS) is 13.9. The van der Waals surface area contributed by atoms with Crippen LogP contribution in [0.4, 0.5) is 4.79 Å². The predicted octanol–water partition coefficient (Wildman–Crippen LogP) is 3.03. The lowest BCUT2D eigenvalue weighted by atomic mass is 9.97. The number of methoxy groups -OCH3 is 1. The minimum atomic E-state index is -0.812. The largest absolute Gasteiger partial charge is 0.467 e. The highest BCUT2D eigenvalue weighted by atomic mass is 16.5. The molecule has 1 rings (SSSR count). The average molecular weight is 392 g/mol. The van der Waals surface area contributed by atoms with Gasteiger partial charge in [0, 0.05) is 0 Å². The summed E-state index contributed by atoms with van der Waals surface area (Å²) in [5, 5.41) is 5.34. The molecule has 0 saturated carbocycles. The van der Waals surface area contributed by atoms with E-state index in [-0.39, 0.29) is 18.4 Å². The number of nitrogens with one attached hydrogen (secondary N) is 2. The Kier molecular flexibility index (Phi) is 10.1. The van der Waals surface area contributed by atoms with Gasteiger partial charge in [-0.1, -0.05) is 64.4 Å². The molecular formula is C21H32N2O5. The summed E-state index contributed by atoms with van der Waals surface area (Å²) < 4.78 is 10.0. The second-order valence-electron chi connectivity index (χ2n) is 7.28. The lowest BCUT2D eigenvalue weighted by molar-refractivity contribution is -0.146. The lowest BCUT2D eigenvalue weighted by Crippen LogP contribution is -2.54. The Hall–Kier alpha value is -2.57. The molecule has 0 bridgehead atoms. The van der Waals surface area contributed by atoms with Crippen LogP contribution in [-0.4, -0.2) is 37.2 Å². The van der Waals surface area contributed by atoms with Gasteiger partial charge in [0.15, 0.2) is 0 Å². The van der Waals surface area contributed by atoms with Crippen molar-refractivity contribution < 1.29 is 23.9 Å². The van der Waals surface area contributed by atoms with Crippen LogP contribution in [0.5, 0.6) is 0 Å². The fourth-order valence-electron chi connectivity index (χ4n) is 2.68. The number of hydrogen-bond donors (Lipinski definition) is 2. The summed E-state index contributed by atoms with van der Waals surface area (Å²) in [6.45, 7) is 7.80. The summed E-state index contributed by atoms with van der Waals surface area (Å²) in [5.74, 6) is -0.879. The molecule has 0 fully saturated rings. The van der Waals surface area contributed by atoms with Crippen molar-refractivity contribution in [2.75, 3.05) is 7.11 Å². The standard InChI is InChI=1S/C21H32N2O5/c1-6-15(4)18(19(24)22-17(12-14(2)3)20(25)27-5)23-21(26)28-13-16-10-8-7-9-11-16/h7-11,14-15,17-18H,6,12-13H2,1-5H3,(H,22,24)(H,23,26). The molecule has 0 aliphatic carbocycles.